The molecule has 2 nitrogen and oxygen atoms in total. The lowest BCUT2D eigenvalue weighted by Crippen LogP contribution is -2.27. The Morgan fingerprint density at radius 3 is 2.32 bits per heavy atom. The second kappa shape index (κ2) is 6.95. The highest BCUT2D eigenvalue weighted by atomic mass is 16.5. The molecule has 2 rings (SSSR count). The lowest BCUT2D eigenvalue weighted by Gasteiger charge is -2.31. The number of ether oxygens (including phenoxy) is 1. The van der Waals surface area contributed by atoms with Gasteiger partial charge in [-0.1, -0.05) is 31.5 Å². The summed E-state index contributed by atoms with van der Waals surface area (Å²) >= 11 is 0. The number of aryl methyl sites for hydroxylation is 1. The van der Waals surface area contributed by atoms with Crippen LogP contribution in [0.2, 0.25) is 0 Å². The van der Waals surface area contributed by atoms with Gasteiger partial charge in [-0.2, -0.15) is 0 Å². The van der Waals surface area contributed by atoms with Crippen molar-refractivity contribution in [2.75, 3.05) is 18.5 Å². The molecule has 0 bridgehead atoms. The summed E-state index contributed by atoms with van der Waals surface area (Å²) in [5, 5.41) is 3.41. The SMILES string of the molecule is Cc1ccc(NCCOC2CC(C)CC(C)C2)cc1. The van der Waals surface area contributed by atoms with E-state index in [2.05, 4.69) is 50.4 Å². The van der Waals surface area contributed by atoms with Gasteiger partial charge >= 0.3 is 0 Å². The van der Waals surface area contributed by atoms with E-state index in [4.69, 9.17) is 4.74 Å². The van der Waals surface area contributed by atoms with Crippen molar-refractivity contribution in [1.29, 1.82) is 0 Å². The standard InChI is InChI=1S/C17H27NO/c1-13-4-6-16(7-5-13)18-8-9-19-17-11-14(2)10-15(3)12-17/h4-7,14-15,17-18H,8-12H2,1-3H3. The van der Waals surface area contributed by atoms with Gasteiger partial charge in [-0.15, -0.1) is 0 Å². The summed E-state index contributed by atoms with van der Waals surface area (Å²) in [5.41, 5.74) is 2.48. The minimum absolute atomic E-state index is 0.471. The Kier molecular flexibility index (Phi) is 5.26. The van der Waals surface area contributed by atoms with E-state index in [1.54, 1.807) is 0 Å². The Hall–Kier alpha value is -1.02. The van der Waals surface area contributed by atoms with Gasteiger partial charge in [-0.3, -0.25) is 0 Å². The molecule has 0 aliphatic heterocycles. The molecule has 0 heterocycles. The predicted molar refractivity (Wildman–Crippen MR) is 81.6 cm³/mol. The molecule has 1 saturated carbocycles. The average molecular weight is 261 g/mol. The highest BCUT2D eigenvalue weighted by Crippen LogP contribution is 2.30. The Balaban J connectivity index is 1.65. The molecule has 0 aromatic heterocycles. The molecule has 1 aromatic carbocycles. The topological polar surface area (TPSA) is 21.3 Å². The van der Waals surface area contributed by atoms with Gasteiger partial charge in [0, 0.05) is 12.2 Å². The van der Waals surface area contributed by atoms with Crippen molar-refractivity contribution < 1.29 is 4.74 Å². The van der Waals surface area contributed by atoms with Crippen LogP contribution in [0.4, 0.5) is 5.69 Å². The fourth-order valence-electron chi connectivity index (χ4n) is 3.10. The second-order valence-corrected chi connectivity index (χ2v) is 6.20. The molecule has 0 radical (unpaired) electrons. The molecule has 106 valence electrons. The second-order valence-electron chi connectivity index (χ2n) is 6.20. The van der Waals surface area contributed by atoms with E-state index in [-0.39, 0.29) is 0 Å². The first kappa shape index (κ1) is 14.4. The molecular formula is C17H27NO. The van der Waals surface area contributed by atoms with Crippen LogP contribution in [0.3, 0.4) is 0 Å². The summed E-state index contributed by atoms with van der Waals surface area (Å²) in [6, 6.07) is 8.52. The molecule has 0 amide bonds. The first-order valence-electron chi connectivity index (χ1n) is 7.55. The number of hydrogen-bond donors (Lipinski definition) is 1. The van der Waals surface area contributed by atoms with Gasteiger partial charge in [-0.25, -0.2) is 0 Å². The van der Waals surface area contributed by atoms with E-state index in [0.717, 1.165) is 25.0 Å². The number of anilines is 1. The lowest BCUT2D eigenvalue weighted by molar-refractivity contribution is 0.00618. The minimum Gasteiger partial charge on any atom is -0.383 e. The van der Waals surface area contributed by atoms with Gasteiger partial charge in [0.25, 0.3) is 0 Å². The third-order valence-electron chi connectivity index (χ3n) is 3.97. The number of nitrogens with one attached hydrogen (secondary N) is 1. The zero-order valence-corrected chi connectivity index (χ0v) is 12.5. The van der Waals surface area contributed by atoms with E-state index in [1.807, 2.05) is 0 Å². The highest BCUT2D eigenvalue weighted by Gasteiger charge is 2.24. The number of hydrogen-bond acceptors (Lipinski definition) is 2. The molecule has 0 spiro atoms. The molecule has 0 saturated heterocycles. The maximum absolute atomic E-state index is 6.01. The van der Waals surface area contributed by atoms with Crippen LogP contribution in [0.5, 0.6) is 0 Å². The minimum atomic E-state index is 0.471. The van der Waals surface area contributed by atoms with Crippen molar-refractivity contribution in [1.82, 2.24) is 0 Å². The smallest absolute Gasteiger partial charge is 0.0642 e. The lowest BCUT2D eigenvalue weighted by atomic mass is 9.82. The number of benzene rings is 1. The molecule has 1 aliphatic carbocycles. The molecular weight excluding hydrogens is 234 g/mol. The summed E-state index contributed by atoms with van der Waals surface area (Å²) < 4.78 is 6.01. The molecule has 1 aromatic rings. The van der Waals surface area contributed by atoms with E-state index < -0.39 is 0 Å². The molecule has 19 heavy (non-hydrogen) atoms. The van der Waals surface area contributed by atoms with Crippen LogP contribution in [0.1, 0.15) is 38.7 Å². The third kappa shape index (κ3) is 4.87. The summed E-state index contributed by atoms with van der Waals surface area (Å²) in [4.78, 5) is 0. The average Bonchev–Trinajstić information content (AvgIpc) is 2.36. The van der Waals surface area contributed by atoms with Crippen molar-refractivity contribution in [3.63, 3.8) is 0 Å². The van der Waals surface area contributed by atoms with Gasteiger partial charge in [0.15, 0.2) is 0 Å². The van der Waals surface area contributed by atoms with Crippen molar-refractivity contribution in [2.24, 2.45) is 11.8 Å². The highest BCUT2D eigenvalue weighted by molar-refractivity contribution is 5.44. The first-order valence-corrected chi connectivity index (χ1v) is 7.55. The van der Waals surface area contributed by atoms with Crippen LogP contribution < -0.4 is 5.32 Å². The predicted octanol–water partition coefficient (Wildman–Crippen LogP) is 4.25. The first-order chi connectivity index (χ1) is 9.13. The summed E-state index contributed by atoms with van der Waals surface area (Å²) in [5.74, 6) is 1.64. The summed E-state index contributed by atoms with van der Waals surface area (Å²) in [6.07, 6.45) is 4.30. The fraction of sp³-hybridized carbons (Fsp3) is 0.647. The van der Waals surface area contributed by atoms with Gasteiger partial charge in [0.1, 0.15) is 0 Å². The Bertz CT molecular complexity index is 363. The molecule has 2 atom stereocenters. The van der Waals surface area contributed by atoms with Crippen molar-refractivity contribution >= 4 is 5.69 Å². The normalized spacial score (nSPS) is 27.2. The monoisotopic (exact) mass is 261 g/mol. The molecule has 2 unspecified atom stereocenters. The largest absolute Gasteiger partial charge is 0.383 e. The quantitative estimate of drug-likeness (QED) is 0.800. The van der Waals surface area contributed by atoms with Crippen LogP contribution in [0.15, 0.2) is 24.3 Å². The molecule has 1 aliphatic rings. The van der Waals surface area contributed by atoms with Crippen molar-refractivity contribution in [3.05, 3.63) is 29.8 Å². The van der Waals surface area contributed by atoms with Crippen LogP contribution in [-0.4, -0.2) is 19.3 Å². The van der Waals surface area contributed by atoms with Crippen LogP contribution in [0, 0.1) is 18.8 Å². The molecule has 1 fully saturated rings. The zero-order chi connectivity index (χ0) is 13.7. The van der Waals surface area contributed by atoms with E-state index in [1.165, 1.54) is 30.5 Å². The summed E-state index contributed by atoms with van der Waals surface area (Å²) in [7, 11) is 0. The third-order valence-corrected chi connectivity index (χ3v) is 3.97. The van der Waals surface area contributed by atoms with Gasteiger partial charge < -0.3 is 10.1 Å². The fourth-order valence-corrected chi connectivity index (χ4v) is 3.10. The van der Waals surface area contributed by atoms with Crippen LogP contribution >= 0.6 is 0 Å². The maximum atomic E-state index is 6.01. The Labute approximate surface area is 117 Å². The Morgan fingerprint density at radius 2 is 1.68 bits per heavy atom. The molecule has 1 N–H and O–H groups in total. The number of rotatable bonds is 5. The van der Waals surface area contributed by atoms with Gasteiger partial charge in [0.2, 0.25) is 0 Å². The van der Waals surface area contributed by atoms with E-state index >= 15 is 0 Å². The van der Waals surface area contributed by atoms with E-state index in [0.29, 0.717) is 6.10 Å². The van der Waals surface area contributed by atoms with Gasteiger partial charge in [-0.05, 0) is 50.2 Å². The molecule has 2 heteroatoms. The van der Waals surface area contributed by atoms with Gasteiger partial charge in [0.05, 0.1) is 12.7 Å². The summed E-state index contributed by atoms with van der Waals surface area (Å²) in [6.45, 7) is 8.49. The van der Waals surface area contributed by atoms with Crippen LogP contribution in [0.25, 0.3) is 0 Å². The maximum Gasteiger partial charge on any atom is 0.0642 e. The Morgan fingerprint density at radius 1 is 1.05 bits per heavy atom. The van der Waals surface area contributed by atoms with Crippen molar-refractivity contribution in [2.45, 2.75) is 46.1 Å². The van der Waals surface area contributed by atoms with Crippen LogP contribution in [-0.2, 0) is 4.74 Å². The van der Waals surface area contributed by atoms with Crippen molar-refractivity contribution in [3.8, 4) is 0 Å². The zero-order valence-electron chi connectivity index (χ0n) is 12.5. The van der Waals surface area contributed by atoms with E-state index in [9.17, 15) is 0 Å².